The van der Waals surface area contributed by atoms with Crippen LogP contribution in [0.15, 0.2) is 36.7 Å². The third-order valence-corrected chi connectivity index (χ3v) is 2.50. The van der Waals surface area contributed by atoms with Crippen molar-refractivity contribution >= 4 is 5.82 Å². The molecule has 0 radical (unpaired) electrons. The summed E-state index contributed by atoms with van der Waals surface area (Å²) in [7, 11) is 1.57. The highest BCUT2D eigenvalue weighted by Crippen LogP contribution is 2.12. The van der Waals surface area contributed by atoms with Gasteiger partial charge in [-0.1, -0.05) is 24.3 Å². The van der Waals surface area contributed by atoms with E-state index in [1.165, 1.54) is 6.33 Å². The van der Waals surface area contributed by atoms with E-state index in [0.717, 1.165) is 11.1 Å². The molecule has 0 saturated heterocycles. The fourth-order valence-corrected chi connectivity index (χ4v) is 1.58. The van der Waals surface area contributed by atoms with Crippen LogP contribution in [0.1, 0.15) is 11.1 Å². The van der Waals surface area contributed by atoms with Crippen LogP contribution in [-0.4, -0.2) is 22.2 Å². The Labute approximate surface area is 105 Å². The molecule has 0 fully saturated rings. The van der Waals surface area contributed by atoms with Gasteiger partial charge in [0, 0.05) is 12.6 Å². The smallest absolute Gasteiger partial charge is 0.218 e. The molecule has 0 atom stereocenters. The summed E-state index contributed by atoms with van der Waals surface area (Å²) in [6.07, 6.45) is 1.45. The summed E-state index contributed by atoms with van der Waals surface area (Å²) in [4.78, 5) is 8.03. The van der Waals surface area contributed by atoms with Gasteiger partial charge < -0.3 is 15.2 Å². The summed E-state index contributed by atoms with van der Waals surface area (Å²) < 4.78 is 5.02. The van der Waals surface area contributed by atoms with E-state index >= 15 is 0 Å². The Kier molecular flexibility index (Phi) is 4.09. The molecule has 5 nitrogen and oxygen atoms in total. The highest BCUT2D eigenvalue weighted by atomic mass is 16.5. The van der Waals surface area contributed by atoms with Gasteiger partial charge in [0.25, 0.3) is 0 Å². The monoisotopic (exact) mass is 245 g/mol. The van der Waals surface area contributed by atoms with Gasteiger partial charge in [-0.2, -0.15) is 0 Å². The quantitative estimate of drug-likeness (QED) is 0.837. The van der Waals surface area contributed by atoms with Crippen LogP contribution >= 0.6 is 0 Å². The van der Waals surface area contributed by atoms with Crippen molar-refractivity contribution in [1.29, 1.82) is 0 Å². The SMILES string of the molecule is COc1cc(NCc2cccc(CO)c2)ncn1. The van der Waals surface area contributed by atoms with Crippen LogP contribution in [-0.2, 0) is 13.2 Å². The number of benzene rings is 1. The maximum absolute atomic E-state index is 9.06. The van der Waals surface area contributed by atoms with Gasteiger partial charge in [-0.25, -0.2) is 9.97 Å². The number of nitrogens with one attached hydrogen (secondary N) is 1. The van der Waals surface area contributed by atoms with Crippen molar-refractivity contribution in [3.05, 3.63) is 47.8 Å². The lowest BCUT2D eigenvalue weighted by molar-refractivity contribution is 0.281. The van der Waals surface area contributed by atoms with E-state index < -0.39 is 0 Å². The number of ether oxygens (including phenoxy) is 1. The first-order valence-corrected chi connectivity index (χ1v) is 5.60. The second-order valence-electron chi connectivity index (χ2n) is 3.78. The van der Waals surface area contributed by atoms with Gasteiger partial charge in [0.15, 0.2) is 0 Å². The zero-order chi connectivity index (χ0) is 12.8. The molecular weight excluding hydrogens is 230 g/mol. The summed E-state index contributed by atoms with van der Waals surface area (Å²) in [5.41, 5.74) is 1.98. The molecule has 0 aliphatic carbocycles. The Morgan fingerprint density at radius 3 is 2.83 bits per heavy atom. The summed E-state index contributed by atoms with van der Waals surface area (Å²) in [6.45, 7) is 0.684. The fourth-order valence-electron chi connectivity index (χ4n) is 1.58. The third-order valence-electron chi connectivity index (χ3n) is 2.50. The minimum atomic E-state index is 0.0508. The number of aliphatic hydroxyl groups is 1. The van der Waals surface area contributed by atoms with Crippen molar-refractivity contribution < 1.29 is 9.84 Å². The van der Waals surface area contributed by atoms with E-state index in [2.05, 4.69) is 15.3 Å². The Balaban J connectivity index is 2.01. The first-order valence-electron chi connectivity index (χ1n) is 5.60. The van der Waals surface area contributed by atoms with Crippen LogP contribution in [0.5, 0.6) is 5.88 Å². The number of nitrogens with zero attached hydrogens (tertiary/aromatic N) is 2. The number of hydrogen-bond donors (Lipinski definition) is 2. The minimum Gasteiger partial charge on any atom is -0.481 e. The fraction of sp³-hybridized carbons (Fsp3) is 0.231. The molecule has 0 amide bonds. The van der Waals surface area contributed by atoms with Crippen LogP contribution in [0.4, 0.5) is 5.82 Å². The number of hydrogen-bond acceptors (Lipinski definition) is 5. The van der Waals surface area contributed by atoms with Crippen LogP contribution in [0.3, 0.4) is 0 Å². The van der Waals surface area contributed by atoms with Gasteiger partial charge in [0.2, 0.25) is 5.88 Å². The van der Waals surface area contributed by atoms with E-state index in [9.17, 15) is 0 Å². The molecule has 0 unspecified atom stereocenters. The number of anilines is 1. The summed E-state index contributed by atoms with van der Waals surface area (Å²) >= 11 is 0. The predicted octanol–water partition coefficient (Wildman–Crippen LogP) is 1.59. The lowest BCUT2D eigenvalue weighted by Gasteiger charge is -2.07. The van der Waals surface area contributed by atoms with E-state index in [1.807, 2.05) is 24.3 Å². The van der Waals surface area contributed by atoms with Crippen molar-refractivity contribution in [2.24, 2.45) is 0 Å². The molecule has 0 aliphatic heterocycles. The minimum absolute atomic E-state index is 0.0508. The molecule has 2 rings (SSSR count). The number of methoxy groups -OCH3 is 1. The van der Waals surface area contributed by atoms with Gasteiger partial charge in [0.1, 0.15) is 12.1 Å². The van der Waals surface area contributed by atoms with Gasteiger partial charge in [0.05, 0.1) is 13.7 Å². The topological polar surface area (TPSA) is 67.3 Å². The molecule has 1 heterocycles. The van der Waals surface area contributed by atoms with Gasteiger partial charge in [-0.05, 0) is 11.1 Å². The van der Waals surface area contributed by atoms with E-state index in [0.29, 0.717) is 18.2 Å². The lowest BCUT2D eigenvalue weighted by atomic mass is 10.1. The van der Waals surface area contributed by atoms with Crippen molar-refractivity contribution in [3.63, 3.8) is 0 Å². The van der Waals surface area contributed by atoms with Crippen LogP contribution in [0, 0.1) is 0 Å². The molecule has 0 bridgehead atoms. The van der Waals surface area contributed by atoms with Gasteiger partial charge in [-0.3, -0.25) is 0 Å². The Bertz CT molecular complexity index is 470. The van der Waals surface area contributed by atoms with Gasteiger partial charge >= 0.3 is 0 Å². The third kappa shape index (κ3) is 3.18. The van der Waals surface area contributed by atoms with E-state index in [1.54, 1.807) is 13.2 Å². The summed E-state index contributed by atoms with van der Waals surface area (Å²) in [5, 5.41) is 12.2. The van der Waals surface area contributed by atoms with Crippen molar-refractivity contribution in [3.8, 4) is 5.88 Å². The second-order valence-corrected chi connectivity index (χ2v) is 3.78. The maximum Gasteiger partial charge on any atom is 0.218 e. The zero-order valence-corrected chi connectivity index (χ0v) is 10.1. The predicted molar refractivity (Wildman–Crippen MR) is 68.3 cm³/mol. The molecule has 1 aromatic carbocycles. The standard InChI is InChI=1S/C13H15N3O2/c1-18-13-6-12(15-9-16-13)14-7-10-3-2-4-11(5-10)8-17/h2-6,9,17H,7-8H2,1H3,(H,14,15,16). The highest BCUT2D eigenvalue weighted by Gasteiger charge is 1.99. The molecular formula is C13H15N3O2. The number of aromatic nitrogens is 2. The zero-order valence-electron chi connectivity index (χ0n) is 10.1. The average molecular weight is 245 g/mol. The van der Waals surface area contributed by atoms with Gasteiger partial charge in [-0.15, -0.1) is 0 Å². The molecule has 18 heavy (non-hydrogen) atoms. The first kappa shape index (κ1) is 12.3. The van der Waals surface area contributed by atoms with E-state index in [4.69, 9.17) is 9.84 Å². The normalized spacial score (nSPS) is 10.1. The molecule has 2 N–H and O–H groups in total. The van der Waals surface area contributed by atoms with Crippen LogP contribution in [0.2, 0.25) is 0 Å². The Morgan fingerprint density at radius 1 is 1.22 bits per heavy atom. The number of aliphatic hydroxyl groups excluding tert-OH is 1. The molecule has 1 aromatic heterocycles. The highest BCUT2D eigenvalue weighted by molar-refractivity contribution is 5.38. The summed E-state index contributed by atoms with van der Waals surface area (Å²) in [5.74, 6) is 1.23. The van der Waals surface area contributed by atoms with Crippen LogP contribution in [0.25, 0.3) is 0 Å². The van der Waals surface area contributed by atoms with Crippen molar-refractivity contribution in [2.45, 2.75) is 13.2 Å². The lowest BCUT2D eigenvalue weighted by Crippen LogP contribution is -2.02. The van der Waals surface area contributed by atoms with Crippen molar-refractivity contribution in [1.82, 2.24) is 9.97 Å². The molecule has 0 aliphatic rings. The van der Waals surface area contributed by atoms with E-state index in [-0.39, 0.29) is 6.61 Å². The second kappa shape index (κ2) is 5.97. The van der Waals surface area contributed by atoms with Crippen molar-refractivity contribution in [2.75, 3.05) is 12.4 Å². The molecule has 94 valence electrons. The summed E-state index contributed by atoms with van der Waals surface area (Å²) in [6, 6.07) is 9.48. The number of rotatable bonds is 5. The maximum atomic E-state index is 9.06. The Morgan fingerprint density at radius 2 is 2.06 bits per heavy atom. The molecule has 0 spiro atoms. The van der Waals surface area contributed by atoms with Crippen LogP contribution < -0.4 is 10.1 Å². The Hall–Kier alpha value is -2.14. The molecule has 5 heteroatoms. The molecule has 0 saturated carbocycles. The average Bonchev–Trinajstić information content (AvgIpc) is 2.45. The first-order chi connectivity index (χ1) is 8.81. The largest absolute Gasteiger partial charge is 0.481 e. The molecule has 2 aromatic rings.